The lowest BCUT2D eigenvalue weighted by molar-refractivity contribution is -0.140. The number of hydrogen-bond donors (Lipinski definition) is 1. The molecule has 0 radical (unpaired) electrons. The first-order valence-corrected chi connectivity index (χ1v) is 8.04. The Morgan fingerprint density at radius 3 is 2.90 bits per heavy atom. The highest BCUT2D eigenvalue weighted by Gasteiger charge is 2.21. The van der Waals surface area contributed by atoms with E-state index in [1.807, 2.05) is 4.68 Å². The fourth-order valence-corrected chi connectivity index (χ4v) is 3.03. The molecular weight excluding hydrogens is 294 g/mol. The summed E-state index contributed by atoms with van der Waals surface area (Å²) in [6, 6.07) is 0.392. The predicted molar refractivity (Wildman–Crippen MR) is 76.5 cm³/mol. The fourth-order valence-electron chi connectivity index (χ4n) is 2.27. The summed E-state index contributed by atoms with van der Waals surface area (Å²) in [6.45, 7) is -0.101. The van der Waals surface area contributed by atoms with Gasteiger partial charge in [-0.3, -0.25) is 9.59 Å². The zero-order chi connectivity index (χ0) is 15.1. The van der Waals surface area contributed by atoms with Crippen LogP contribution in [0.15, 0.2) is 0 Å². The van der Waals surface area contributed by atoms with Crippen LogP contribution in [0.4, 0.5) is 0 Å². The molecule has 0 unspecified atom stereocenters. The Labute approximate surface area is 127 Å². The van der Waals surface area contributed by atoms with E-state index < -0.39 is 5.97 Å². The molecule has 0 aromatic carbocycles. The van der Waals surface area contributed by atoms with Crippen LogP contribution in [-0.4, -0.2) is 51.5 Å². The van der Waals surface area contributed by atoms with Crippen molar-refractivity contribution in [1.29, 1.82) is 0 Å². The highest BCUT2D eigenvalue weighted by atomic mass is 32.2. The van der Waals surface area contributed by atoms with Gasteiger partial charge < -0.3 is 10.1 Å². The van der Waals surface area contributed by atoms with Crippen LogP contribution in [0.5, 0.6) is 0 Å². The van der Waals surface area contributed by atoms with E-state index in [-0.39, 0.29) is 18.2 Å². The molecule has 0 bridgehead atoms. The molecule has 1 aromatic rings. The van der Waals surface area contributed by atoms with Crippen LogP contribution >= 0.6 is 11.8 Å². The average molecular weight is 313 g/mol. The third-order valence-corrected chi connectivity index (χ3v) is 4.28. The van der Waals surface area contributed by atoms with Gasteiger partial charge in [0.2, 0.25) is 5.91 Å². The van der Waals surface area contributed by atoms with E-state index in [4.69, 9.17) is 0 Å². The van der Waals surface area contributed by atoms with Crippen molar-refractivity contribution in [2.75, 3.05) is 19.4 Å². The van der Waals surface area contributed by atoms with Crippen LogP contribution in [0, 0.1) is 0 Å². The maximum atomic E-state index is 11.5. The minimum absolute atomic E-state index is 0.101. The van der Waals surface area contributed by atoms with E-state index in [1.165, 1.54) is 31.7 Å². The van der Waals surface area contributed by atoms with Crippen LogP contribution in [0.1, 0.15) is 37.5 Å². The molecule has 1 aliphatic carbocycles. The summed E-state index contributed by atoms with van der Waals surface area (Å²) in [6.07, 6.45) is 4.66. The molecule has 21 heavy (non-hydrogen) atoms. The molecule has 1 fully saturated rings. The highest BCUT2D eigenvalue weighted by Crippen LogP contribution is 2.29. The second-order valence-electron chi connectivity index (χ2n) is 4.82. The predicted octanol–water partition coefficient (Wildman–Crippen LogP) is 0.311. The van der Waals surface area contributed by atoms with Gasteiger partial charge in [-0.1, -0.05) is 12.8 Å². The first-order valence-electron chi connectivity index (χ1n) is 6.88. The topological polar surface area (TPSA) is 99.0 Å². The van der Waals surface area contributed by atoms with Crippen molar-refractivity contribution in [2.45, 2.75) is 37.5 Å². The Balaban J connectivity index is 1.72. The minimum atomic E-state index is -0.460. The fraction of sp³-hybridized carbons (Fsp3) is 0.750. The molecule has 1 aliphatic rings. The molecule has 1 saturated carbocycles. The maximum absolute atomic E-state index is 11.5. The summed E-state index contributed by atoms with van der Waals surface area (Å²) in [5.74, 6) is 0.973. The third-order valence-electron chi connectivity index (χ3n) is 3.35. The van der Waals surface area contributed by atoms with Crippen molar-refractivity contribution in [3.63, 3.8) is 0 Å². The van der Waals surface area contributed by atoms with Crippen molar-refractivity contribution >= 4 is 23.6 Å². The highest BCUT2D eigenvalue weighted by molar-refractivity contribution is 7.99. The van der Waals surface area contributed by atoms with Crippen molar-refractivity contribution < 1.29 is 14.3 Å². The van der Waals surface area contributed by atoms with Gasteiger partial charge >= 0.3 is 5.97 Å². The monoisotopic (exact) mass is 313 g/mol. The number of tetrazole rings is 1. The number of aromatic nitrogens is 4. The van der Waals surface area contributed by atoms with Gasteiger partial charge in [0.05, 0.1) is 24.7 Å². The molecule has 8 nitrogen and oxygen atoms in total. The first-order chi connectivity index (χ1) is 10.2. The summed E-state index contributed by atoms with van der Waals surface area (Å²) in [4.78, 5) is 22.4. The Morgan fingerprint density at radius 2 is 2.19 bits per heavy atom. The summed E-state index contributed by atoms with van der Waals surface area (Å²) in [5, 5.41) is 14.3. The van der Waals surface area contributed by atoms with Gasteiger partial charge in [-0.05, 0) is 23.3 Å². The van der Waals surface area contributed by atoms with E-state index in [2.05, 4.69) is 25.6 Å². The standard InChI is InChI=1S/C12H19N5O3S/c1-20-12(19)6-13-11(18)8-21-7-10-14-15-16-17(10)9-4-2-3-5-9/h9H,2-8H2,1H3,(H,13,18). The lowest BCUT2D eigenvalue weighted by Gasteiger charge is -2.10. The molecule has 9 heteroatoms. The summed E-state index contributed by atoms with van der Waals surface area (Å²) >= 11 is 1.42. The smallest absolute Gasteiger partial charge is 0.325 e. The summed E-state index contributed by atoms with van der Waals surface area (Å²) in [5.41, 5.74) is 0. The molecule has 0 spiro atoms. The molecule has 0 aliphatic heterocycles. The van der Waals surface area contributed by atoms with E-state index >= 15 is 0 Å². The zero-order valence-electron chi connectivity index (χ0n) is 11.9. The molecule has 116 valence electrons. The Hall–Kier alpha value is -1.64. The molecule has 1 aromatic heterocycles. The van der Waals surface area contributed by atoms with Gasteiger partial charge in [0, 0.05) is 0 Å². The number of nitrogens with one attached hydrogen (secondary N) is 1. The maximum Gasteiger partial charge on any atom is 0.325 e. The Morgan fingerprint density at radius 1 is 1.43 bits per heavy atom. The number of carbonyl (C=O) groups excluding carboxylic acids is 2. The average Bonchev–Trinajstić information content (AvgIpc) is 3.15. The molecule has 0 saturated heterocycles. The zero-order valence-corrected chi connectivity index (χ0v) is 12.8. The van der Waals surface area contributed by atoms with Crippen molar-refractivity contribution in [3.8, 4) is 0 Å². The van der Waals surface area contributed by atoms with Crippen LogP contribution in [0.25, 0.3) is 0 Å². The SMILES string of the molecule is COC(=O)CNC(=O)CSCc1nnnn1C1CCCC1. The van der Waals surface area contributed by atoms with Gasteiger partial charge in [-0.15, -0.1) is 16.9 Å². The van der Waals surface area contributed by atoms with Crippen molar-refractivity contribution in [3.05, 3.63) is 5.82 Å². The van der Waals surface area contributed by atoms with Crippen molar-refractivity contribution in [2.24, 2.45) is 0 Å². The van der Waals surface area contributed by atoms with E-state index in [0.29, 0.717) is 11.8 Å². The lowest BCUT2D eigenvalue weighted by Crippen LogP contribution is -2.31. The van der Waals surface area contributed by atoms with Gasteiger partial charge in [0.25, 0.3) is 0 Å². The first kappa shape index (κ1) is 15.7. The number of esters is 1. The Kier molecular flexibility index (Phi) is 5.97. The van der Waals surface area contributed by atoms with E-state index in [0.717, 1.165) is 18.7 Å². The lowest BCUT2D eigenvalue weighted by atomic mass is 10.2. The molecule has 1 heterocycles. The van der Waals surface area contributed by atoms with Crippen LogP contribution in [-0.2, 0) is 20.1 Å². The van der Waals surface area contributed by atoms with Gasteiger partial charge in [0.15, 0.2) is 5.82 Å². The van der Waals surface area contributed by atoms with Crippen LogP contribution in [0.2, 0.25) is 0 Å². The number of amides is 1. The molecule has 1 N–H and O–H groups in total. The van der Waals surface area contributed by atoms with Gasteiger partial charge in [-0.2, -0.15) is 0 Å². The number of thioether (sulfide) groups is 1. The number of rotatable bonds is 7. The van der Waals surface area contributed by atoms with Gasteiger partial charge in [0.1, 0.15) is 6.54 Å². The molecule has 0 atom stereocenters. The van der Waals surface area contributed by atoms with E-state index in [9.17, 15) is 9.59 Å². The molecule has 2 rings (SSSR count). The number of carbonyl (C=O) groups is 2. The van der Waals surface area contributed by atoms with Crippen LogP contribution in [0.3, 0.4) is 0 Å². The molecular formula is C12H19N5O3S. The third kappa shape index (κ3) is 4.69. The summed E-state index contributed by atoms with van der Waals surface area (Å²) < 4.78 is 6.33. The van der Waals surface area contributed by atoms with Crippen molar-refractivity contribution in [1.82, 2.24) is 25.5 Å². The minimum Gasteiger partial charge on any atom is -0.468 e. The second-order valence-corrected chi connectivity index (χ2v) is 5.81. The largest absolute Gasteiger partial charge is 0.468 e. The number of methoxy groups -OCH3 is 1. The van der Waals surface area contributed by atoms with Crippen LogP contribution < -0.4 is 5.32 Å². The second kappa shape index (κ2) is 7.96. The number of hydrogen-bond acceptors (Lipinski definition) is 7. The van der Waals surface area contributed by atoms with Gasteiger partial charge in [-0.25, -0.2) is 4.68 Å². The van der Waals surface area contributed by atoms with E-state index in [1.54, 1.807) is 0 Å². The molecule has 1 amide bonds. The summed E-state index contributed by atoms with van der Waals surface area (Å²) in [7, 11) is 1.28. The Bertz CT molecular complexity index is 487. The normalized spacial score (nSPS) is 15.1. The number of nitrogens with zero attached hydrogens (tertiary/aromatic N) is 4. The number of ether oxygens (including phenoxy) is 1. The quantitative estimate of drug-likeness (QED) is 0.723.